The molecule has 0 spiro atoms. The Bertz CT molecular complexity index is 162. The van der Waals surface area contributed by atoms with E-state index in [1.165, 1.54) is 0 Å². The van der Waals surface area contributed by atoms with Crippen molar-refractivity contribution in [3.05, 3.63) is 0 Å². The zero-order chi connectivity index (χ0) is 7.71. The van der Waals surface area contributed by atoms with Crippen molar-refractivity contribution in [3.63, 3.8) is 0 Å². The minimum Gasteiger partial charge on any atom is -1.00 e. The SMILES string of the molecule is O=P(O)(O)OP(=O)(O)O.[H-].[K+].[Pt]. The Hall–Kier alpha value is 2.58. The molecule has 0 aromatic rings. The van der Waals surface area contributed by atoms with Crippen LogP contribution in [0.15, 0.2) is 0 Å². The van der Waals surface area contributed by atoms with Crippen molar-refractivity contribution < 1.29 is 107 Å². The van der Waals surface area contributed by atoms with Gasteiger partial charge in [-0.05, 0) is 0 Å². The van der Waals surface area contributed by atoms with Crippen LogP contribution in [-0.4, -0.2) is 19.6 Å². The quantitative estimate of drug-likeness (QED) is 0.272. The van der Waals surface area contributed by atoms with E-state index in [-0.39, 0.29) is 73.9 Å². The first-order valence-corrected chi connectivity index (χ1v) is 4.59. The fourth-order valence-electron chi connectivity index (χ4n) is 0.139. The van der Waals surface area contributed by atoms with Crippen LogP contribution in [0.2, 0.25) is 0 Å². The predicted molar refractivity (Wildman–Crippen MR) is 26.3 cm³/mol. The molecule has 0 saturated heterocycles. The Balaban J connectivity index is -0.000000107. The molecule has 0 fully saturated rings. The molecular weight excluding hydrogens is 408 g/mol. The van der Waals surface area contributed by atoms with E-state index < -0.39 is 15.6 Å². The molecule has 4 N–H and O–H groups in total. The Kier molecular flexibility index (Phi) is 12.1. The first kappa shape index (κ1) is 19.2. The molecule has 0 radical (unpaired) electrons. The molecule has 68 valence electrons. The van der Waals surface area contributed by atoms with Gasteiger partial charge >= 0.3 is 67.0 Å². The maximum atomic E-state index is 9.63. The summed E-state index contributed by atoms with van der Waals surface area (Å²) in [5.74, 6) is 0. The maximum absolute atomic E-state index is 9.63. The molecule has 0 bridgehead atoms. The average molecular weight is 413 g/mol. The number of rotatable bonds is 2. The number of phosphoric acid groups is 2. The van der Waals surface area contributed by atoms with Crippen molar-refractivity contribution in [2.24, 2.45) is 0 Å². The van der Waals surface area contributed by atoms with Gasteiger partial charge in [0.05, 0.1) is 0 Å². The second kappa shape index (κ2) is 6.95. The molecule has 0 amide bonds. The summed E-state index contributed by atoms with van der Waals surface area (Å²) in [6, 6.07) is 0. The van der Waals surface area contributed by atoms with Crippen LogP contribution in [0.4, 0.5) is 0 Å². The third-order valence-corrected chi connectivity index (χ3v) is 1.91. The molecule has 0 aliphatic rings. The standard InChI is InChI=1S/K.H4O7P2.Pt.H/c;1-8(2,3)7-9(4,5)6;;/h;(H2,1,2,3)(H2,4,5,6);;/q+1;;;-1. The molecule has 0 heterocycles. The van der Waals surface area contributed by atoms with E-state index in [0.717, 1.165) is 0 Å². The van der Waals surface area contributed by atoms with Gasteiger partial charge in [-0.1, -0.05) is 0 Å². The average Bonchev–Trinajstić information content (AvgIpc) is 1.14. The third-order valence-electron chi connectivity index (χ3n) is 0.213. The summed E-state index contributed by atoms with van der Waals surface area (Å²) < 4.78 is 22.2. The summed E-state index contributed by atoms with van der Waals surface area (Å²) in [4.78, 5) is 31.0. The van der Waals surface area contributed by atoms with Crippen LogP contribution < -0.4 is 51.4 Å². The van der Waals surface area contributed by atoms with Crippen LogP contribution >= 0.6 is 15.6 Å². The van der Waals surface area contributed by atoms with E-state index >= 15 is 0 Å². The van der Waals surface area contributed by atoms with E-state index in [1.54, 1.807) is 0 Å². The molecule has 11 heteroatoms. The van der Waals surface area contributed by atoms with Crippen LogP contribution in [0.3, 0.4) is 0 Å². The molecule has 11 heavy (non-hydrogen) atoms. The van der Waals surface area contributed by atoms with Crippen molar-refractivity contribution in [2.75, 3.05) is 0 Å². The summed E-state index contributed by atoms with van der Waals surface area (Å²) in [7, 11) is -10.1. The molecule has 0 unspecified atom stereocenters. The fourth-order valence-corrected chi connectivity index (χ4v) is 1.25. The van der Waals surface area contributed by atoms with Gasteiger partial charge in [0.1, 0.15) is 0 Å². The minimum atomic E-state index is -5.05. The van der Waals surface area contributed by atoms with Gasteiger partial charge in [-0.3, -0.25) is 0 Å². The van der Waals surface area contributed by atoms with Crippen molar-refractivity contribution in [1.29, 1.82) is 0 Å². The van der Waals surface area contributed by atoms with Crippen LogP contribution in [0.5, 0.6) is 0 Å². The van der Waals surface area contributed by atoms with Gasteiger partial charge in [-0.25, -0.2) is 9.13 Å². The second-order valence-corrected chi connectivity index (χ2v) is 3.68. The van der Waals surface area contributed by atoms with Crippen molar-refractivity contribution in [3.8, 4) is 0 Å². The van der Waals surface area contributed by atoms with Gasteiger partial charge in [0.15, 0.2) is 0 Å². The third kappa shape index (κ3) is 19.1. The van der Waals surface area contributed by atoms with E-state index in [2.05, 4.69) is 4.31 Å². The summed E-state index contributed by atoms with van der Waals surface area (Å²) in [5, 5.41) is 0. The van der Waals surface area contributed by atoms with Crippen LogP contribution in [0.1, 0.15) is 1.43 Å². The Morgan fingerprint density at radius 3 is 1.18 bits per heavy atom. The normalized spacial score (nSPS) is 11.3. The first-order chi connectivity index (χ1) is 3.71. The molecule has 0 aliphatic heterocycles. The monoisotopic (exact) mass is 413 g/mol. The maximum Gasteiger partial charge on any atom is 1.00 e. The Morgan fingerprint density at radius 1 is 1.00 bits per heavy atom. The molecule has 7 nitrogen and oxygen atoms in total. The second-order valence-electron chi connectivity index (χ2n) is 1.06. The topological polar surface area (TPSA) is 124 Å². The zero-order valence-electron chi connectivity index (χ0n) is 6.22. The largest absolute Gasteiger partial charge is 1.00 e. The van der Waals surface area contributed by atoms with Crippen molar-refractivity contribution >= 4 is 15.6 Å². The predicted octanol–water partition coefficient (Wildman–Crippen LogP) is -3.70. The Labute approximate surface area is 121 Å². The molecule has 0 aromatic carbocycles. The van der Waals surface area contributed by atoms with Gasteiger partial charge in [0.2, 0.25) is 0 Å². The van der Waals surface area contributed by atoms with Gasteiger partial charge in [-0.2, -0.15) is 4.31 Å². The fraction of sp³-hybridized carbons (Fsp3) is 0. The molecule has 0 rings (SSSR count). The van der Waals surface area contributed by atoms with Crippen LogP contribution in [-0.2, 0) is 34.5 Å². The minimum absolute atomic E-state index is 0. The van der Waals surface area contributed by atoms with Crippen LogP contribution in [0.25, 0.3) is 0 Å². The molecular formula is H5KO7P2Pt. The van der Waals surface area contributed by atoms with Crippen molar-refractivity contribution in [2.45, 2.75) is 0 Å². The first-order valence-electron chi connectivity index (χ1n) is 1.53. The van der Waals surface area contributed by atoms with E-state index in [1.807, 2.05) is 0 Å². The smallest absolute Gasteiger partial charge is 1.00 e. The van der Waals surface area contributed by atoms with E-state index in [9.17, 15) is 9.13 Å². The molecule has 0 atom stereocenters. The summed E-state index contributed by atoms with van der Waals surface area (Å²) in [5.41, 5.74) is 0. The van der Waals surface area contributed by atoms with Gasteiger partial charge in [0, 0.05) is 21.1 Å². The van der Waals surface area contributed by atoms with Crippen molar-refractivity contribution in [1.82, 2.24) is 0 Å². The molecule has 0 aromatic heterocycles. The number of hydrogen-bond acceptors (Lipinski definition) is 3. The molecule has 0 saturated carbocycles. The van der Waals surface area contributed by atoms with Gasteiger partial charge in [0.25, 0.3) is 0 Å². The van der Waals surface area contributed by atoms with E-state index in [4.69, 9.17) is 19.6 Å². The number of hydrogen-bond donors (Lipinski definition) is 4. The van der Waals surface area contributed by atoms with E-state index in [0.29, 0.717) is 0 Å². The summed E-state index contributed by atoms with van der Waals surface area (Å²) in [6.45, 7) is 0. The Morgan fingerprint density at radius 2 is 1.18 bits per heavy atom. The van der Waals surface area contributed by atoms with Crippen LogP contribution in [0, 0.1) is 0 Å². The van der Waals surface area contributed by atoms with Gasteiger partial charge in [-0.15, -0.1) is 0 Å². The summed E-state index contributed by atoms with van der Waals surface area (Å²) in [6.07, 6.45) is 0. The van der Waals surface area contributed by atoms with Gasteiger partial charge < -0.3 is 21.0 Å². The summed E-state index contributed by atoms with van der Waals surface area (Å²) >= 11 is 0. The zero-order valence-corrected chi connectivity index (χ0v) is 12.4. The molecule has 0 aliphatic carbocycles.